The van der Waals surface area contributed by atoms with Crippen LogP contribution in [0, 0.1) is 5.92 Å². The molecule has 1 aliphatic heterocycles. The highest BCUT2D eigenvalue weighted by Gasteiger charge is 2.32. The first-order valence-corrected chi connectivity index (χ1v) is 6.40. The minimum Gasteiger partial charge on any atom is -0.480 e. The zero-order valence-corrected chi connectivity index (χ0v) is 10.5. The molecule has 2 amide bonds. The van der Waals surface area contributed by atoms with E-state index >= 15 is 0 Å². The maximum absolute atomic E-state index is 11.7. The number of thioether (sulfide) groups is 1. The highest BCUT2D eigenvalue weighted by atomic mass is 32.2. The van der Waals surface area contributed by atoms with Gasteiger partial charge in [0.1, 0.15) is 12.1 Å². The molecule has 17 heavy (non-hydrogen) atoms. The van der Waals surface area contributed by atoms with Crippen molar-refractivity contribution in [1.82, 2.24) is 10.6 Å². The Labute approximate surface area is 104 Å². The van der Waals surface area contributed by atoms with Gasteiger partial charge in [-0.25, -0.2) is 4.79 Å². The van der Waals surface area contributed by atoms with Crippen LogP contribution in [0.15, 0.2) is 0 Å². The Hall–Kier alpha value is -1.24. The number of carboxylic acid groups (broad SMARTS) is 1. The van der Waals surface area contributed by atoms with Crippen LogP contribution in [0.1, 0.15) is 20.3 Å². The monoisotopic (exact) mass is 260 g/mol. The lowest BCUT2D eigenvalue weighted by Gasteiger charge is -2.21. The van der Waals surface area contributed by atoms with E-state index in [1.807, 2.05) is 6.92 Å². The van der Waals surface area contributed by atoms with Gasteiger partial charge in [-0.15, -0.1) is 0 Å². The second-order valence-corrected chi connectivity index (χ2v) is 5.00. The largest absolute Gasteiger partial charge is 0.480 e. The van der Waals surface area contributed by atoms with E-state index < -0.39 is 24.0 Å². The fourth-order valence-corrected chi connectivity index (χ4v) is 2.24. The zero-order chi connectivity index (χ0) is 13.0. The van der Waals surface area contributed by atoms with E-state index in [0.717, 1.165) is 11.8 Å². The molecule has 96 valence electrons. The van der Waals surface area contributed by atoms with Gasteiger partial charge in [-0.2, -0.15) is 0 Å². The van der Waals surface area contributed by atoms with Gasteiger partial charge in [-0.1, -0.05) is 32.0 Å². The molecular weight excluding hydrogens is 244 g/mol. The van der Waals surface area contributed by atoms with Crippen LogP contribution >= 0.6 is 11.8 Å². The average molecular weight is 260 g/mol. The molecule has 1 fully saturated rings. The van der Waals surface area contributed by atoms with Crippen molar-refractivity contribution in [2.24, 2.45) is 5.92 Å². The Morgan fingerprint density at radius 1 is 1.65 bits per heavy atom. The van der Waals surface area contributed by atoms with E-state index in [1.54, 1.807) is 6.92 Å². The zero-order valence-electron chi connectivity index (χ0n) is 9.73. The fraction of sp³-hybridized carbons (Fsp3) is 0.700. The van der Waals surface area contributed by atoms with Gasteiger partial charge < -0.3 is 15.7 Å². The summed E-state index contributed by atoms with van der Waals surface area (Å²) in [6.07, 6.45) is 0.656. The predicted molar refractivity (Wildman–Crippen MR) is 63.8 cm³/mol. The van der Waals surface area contributed by atoms with Gasteiger partial charge in [0.25, 0.3) is 5.24 Å². The third kappa shape index (κ3) is 3.62. The maximum atomic E-state index is 11.7. The average Bonchev–Trinajstić information content (AvgIpc) is 2.71. The highest BCUT2D eigenvalue weighted by molar-refractivity contribution is 8.14. The van der Waals surface area contributed by atoms with Crippen molar-refractivity contribution in [3.8, 4) is 0 Å². The number of hydrogen-bond donors (Lipinski definition) is 3. The predicted octanol–water partition coefficient (Wildman–Crippen LogP) is 0.427. The Morgan fingerprint density at radius 2 is 2.29 bits per heavy atom. The minimum atomic E-state index is -1.05. The second-order valence-electron chi connectivity index (χ2n) is 4.01. The number of carbonyl (C=O) groups excluding carboxylic acids is 2. The molecule has 1 heterocycles. The SMILES string of the molecule is CC[C@H](C)[C@H](NC(=O)C1CSC(=O)N1)C(=O)O. The van der Waals surface area contributed by atoms with Crippen molar-refractivity contribution in [1.29, 1.82) is 0 Å². The van der Waals surface area contributed by atoms with Gasteiger partial charge in [0.05, 0.1) is 0 Å². The number of aliphatic carboxylic acids is 1. The number of carboxylic acids is 1. The van der Waals surface area contributed by atoms with Gasteiger partial charge in [0.15, 0.2) is 0 Å². The van der Waals surface area contributed by atoms with Crippen molar-refractivity contribution in [3.05, 3.63) is 0 Å². The van der Waals surface area contributed by atoms with Gasteiger partial charge in [-0.05, 0) is 5.92 Å². The molecule has 1 unspecified atom stereocenters. The van der Waals surface area contributed by atoms with Crippen molar-refractivity contribution in [2.45, 2.75) is 32.4 Å². The lowest BCUT2D eigenvalue weighted by molar-refractivity contribution is -0.143. The van der Waals surface area contributed by atoms with Crippen molar-refractivity contribution in [2.75, 3.05) is 5.75 Å². The summed E-state index contributed by atoms with van der Waals surface area (Å²) in [4.78, 5) is 33.7. The molecule has 0 saturated carbocycles. The normalized spacial score (nSPS) is 22.7. The van der Waals surface area contributed by atoms with E-state index in [-0.39, 0.29) is 11.2 Å². The third-order valence-corrected chi connectivity index (χ3v) is 3.65. The number of nitrogens with one attached hydrogen (secondary N) is 2. The molecule has 6 nitrogen and oxygen atoms in total. The van der Waals surface area contributed by atoms with Crippen LogP contribution in [0.4, 0.5) is 4.79 Å². The molecule has 7 heteroatoms. The van der Waals surface area contributed by atoms with E-state index in [0.29, 0.717) is 12.2 Å². The van der Waals surface area contributed by atoms with Crippen molar-refractivity contribution >= 4 is 28.9 Å². The van der Waals surface area contributed by atoms with Crippen LogP contribution in [-0.2, 0) is 9.59 Å². The summed E-state index contributed by atoms with van der Waals surface area (Å²) in [5.41, 5.74) is 0. The quantitative estimate of drug-likeness (QED) is 0.666. The van der Waals surface area contributed by atoms with E-state index in [1.165, 1.54) is 0 Å². The van der Waals surface area contributed by atoms with E-state index in [2.05, 4.69) is 10.6 Å². The Balaban J connectivity index is 2.58. The molecule has 1 rings (SSSR count). The lowest BCUT2D eigenvalue weighted by atomic mass is 9.99. The number of rotatable bonds is 5. The Kier molecular flexibility index (Phi) is 4.80. The fourth-order valence-electron chi connectivity index (χ4n) is 1.46. The molecule has 1 aliphatic rings. The summed E-state index contributed by atoms with van der Waals surface area (Å²) in [7, 11) is 0. The first-order valence-electron chi connectivity index (χ1n) is 5.42. The summed E-state index contributed by atoms with van der Waals surface area (Å²) in [6.45, 7) is 3.63. The van der Waals surface area contributed by atoms with Crippen LogP contribution in [0.2, 0.25) is 0 Å². The summed E-state index contributed by atoms with van der Waals surface area (Å²) in [6, 6.07) is -1.53. The third-order valence-electron chi connectivity index (χ3n) is 2.77. The molecule has 1 saturated heterocycles. The molecule has 0 radical (unpaired) electrons. The Morgan fingerprint density at radius 3 is 2.71 bits per heavy atom. The smallest absolute Gasteiger partial charge is 0.326 e. The molecule has 3 N–H and O–H groups in total. The second kappa shape index (κ2) is 5.90. The van der Waals surface area contributed by atoms with Gasteiger partial charge in [0.2, 0.25) is 5.91 Å². The van der Waals surface area contributed by atoms with Crippen LogP contribution in [-0.4, -0.2) is 40.1 Å². The summed E-state index contributed by atoms with van der Waals surface area (Å²) in [5.74, 6) is -1.29. The number of hydrogen-bond acceptors (Lipinski definition) is 4. The molecule has 0 bridgehead atoms. The van der Waals surface area contributed by atoms with Crippen LogP contribution in [0.3, 0.4) is 0 Å². The van der Waals surface area contributed by atoms with E-state index in [4.69, 9.17) is 5.11 Å². The Bertz CT molecular complexity index is 334. The molecule has 3 atom stereocenters. The summed E-state index contributed by atoms with van der Waals surface area (Å²) >= 11 is 1.03. The molecule has 0 aromatic rings. The van der Waals surface area contributed by atoms with Crippen LogP contribution in [0.5, 0.6) is 0 Å². The molecule has 0 aromatic carbocycles. The van der Waals surface area contributed by atoms with Gasteiger partial charge in [-0.3, -0.25) is 9.59 Å². The molecule has 0 aromatic heterocycles. The molecular formula is C10H16N2O4S. The van der Waals surface area contributed by atoms with Crippen molar-refractivity contribution < 1.29 is 19.5 Å². The van der Waals surface area contributed by atoms with Crippen molar-refractivity contribution in [3.63, 3.8) is 0 Å². The molecule has 0 spiro atoms. The van der Waals surface area contributed by atoms with E-state index in [9.17, 15) is 14.4 Å². The maximum Gasteiger partial charge on any atom is 0.326 e. The number of carbonyl (C=O) groups is 3. The highest BCUT2D eigenvalue weighted by Crippen LogP contribution is 2.14. The first-order chi connectivity index (χ1) is 7.95. The summed E-state index contributed by atoms with van der Waals surface area (Å²) < 4.78 is 0. The van der Waals surface area contributed by atoms with Gasteiger partial charge >= 0.3 is 5.97 Å². The van der Waals surface area contributed by atoms with Crippen LogP contribution in [0.25, 0.3) is 0 Å². The lowest BCUT2D eigenvalue weighted by Crippen LogP contribution is -2.51. The van der Waals surface area contributed by atoms with Crippen LogP contribution < -0.4 is 10.6 Å². The van der Waals surface area contributed by atoms with Gasteiger partial charge in [0, 0.05) is 5.75 Å². The first kappa shape index (κ1) is 13.8. The molecule has 0 aliphatic carbocycles. The number of amides is 2. The topological polar surface area (TPSA) is 95.5 Å². The summed E-state index contributed by atoms with van der Waals surface area (Å²) in [5, 5.41) is 13.7. The standard InChI is InChI=1S/C10H16N2O4S/c1-3-5(2)7(9(14)15)12-8(13)6-4-17-10(16)11-6/h5-7H,3-4H2,1-2H3,(H,11,16)(H,12,13)(H,14,15)/t5-,6?,7-/m0/s1. The minimum absolute atomic E-state index is 0.152.